The van der Waals surface area contributed by atoms with Crippen molar-refractivity contribution in [3.63, 3.8) is 0 Å². The van der Waals surface area contributed by atoms with Crippen LogP contribution in [0.25, 0.3) is 11.4 Å². The van der Waals surface area contributed by atoms with Crippen molar-refractivity contribution >= 4 is 5.97 Å². The summed E-state index contributed by atoms with van der Waals surface area (Å²) in [4.78, 5) is 13.4. The second kappa shape index (κ2) is 3.02. The van der Waals surface area contributed by atoms with Crippen molar-refractivity contribution in [1.82, 2.24) is 14.8 Å². The Balaban J connectivity index is 2.43. The average Bonchev–Trinajstić information content (AvgIpc) is 2.71. The van der Waals surface area contributed by atoms with Crippen LogP contribution in [0, 0.1) is 0 Å². The molecule has 2 aromatic heterocycles. The van der Waals surface area contributed by atoms with E-state index in [-0.39, 0.29) is 5.69 Å². The minimum absolute atomic E-state index is 0.182. The van der Waals surface area contributed by atoms with Crippen LogP contribution in [-0.2, 0) is 7.05 Å². The number of hydrogen-bond acceptors (Lipinski definition) is 2. The molecule has 0 radical (unpaired) electrons. The summed E-state index contributed by atoms with van der Waals surface area (Å²) in [7, 11) is 1.80. The van der Waals surface area contributed by atoms with Crippen LogP contribution in [0.5, 0.6) is 0 Å². The SMILES string of the molecule is Cn1nccc1-c1ccc(C(=O)O)[nH]1. The summed E-state index contributed by atoms with van der Waals surface area (Å²) in [6.45, 7) is 0. The van der Waals surface area contributed by atoms with Gasteiger partial charge in [0.2, 0.25) is 0 Å². The zero-order valence-electron chi connectivity index (χ0n) is 7.56. The number of H-pyrrole nitrogens is 1. The van der Waals surface area contributed by atoms with Crippen LogP contribution < -0.4 is 0 Å². The topological polar surface area (TPSA) is 70.9 Å². The molecule has 0 atom stereocenters. The molecule has 0 amide bonds. The van der Waals surface area contributed by atoms with Gasteiger partial charge in [-0.15, -0.1) is 0 Å². The molecule has 0 saturated heterocycles. The molecule has 0 saturated carbocycles. The number of aromatic nitrogens is 3. The zero-order valence-corrected chi connectivity index (χ0v) is 7.56. The number of aryl methyl sites for hydroxylation is 1. The number of hydrogen-bond donors (Lipinski definition) is 2. The molecule has 5 nitrogen and oxygen atoms in total. The molecule has 14 heavy (non-hydrogen) atoms. The van der Waals surface area contributed by atoms with Gasteiger partial charge < -0.3 is 10.1 Å². The Labute approximate surface area is 80.0 Å². The molecule has 2 rings (SSSR count). The molecule has 0 aliphatic rings. The van der Waals surface area contributed by atoms with Crippen LogP contribution in [0.2, 0.25) is 0 Å². The summed E-state index contributed by atoms with van der Waals surface area (Å²) in [5, 5.41) is 12.7. The van der Waals surface area contributed by atoms with Gasteiger partial charge in [0.05, 0.1) is 11.4 Å². The van der Waals surface area contributed by atoms with Gasteiger partial charge in [0.1, 0.15) is 5.69 Å². The molecule has 0 aromatic carbocycles. The van der Waals surface area contributed by atoms with Crippen molar-refractivity contribution < 1.29 is 9.90 Å². The van der Waals surface area contributed by atoms with E-state index in [1.54, 1.807) is 24.0 Å². The highest BCUT2D eigenvalue weighted by Crippen LogP contribution is 2.16. The quantitative estimate of drug-likeness (QED) is 0.747. The van der Waals surface area contributed by atoms with Gasteiger partial charge in [0, 0.05) is 13.2 Å². The van der Waals surface area contributed by atoms with Gasteiger partial charge in [0.15, 0.2) is 0 Å². The number of carboxylic acids is 1. The maximum Gasteiger partial charge on any atom is 0.352 e. The van der Waals surface area contributed by atoms with E-state index in [0.717, 1.165) is 11.4 Å². The van der Waals surface area contributed by atoms with Gasteiger partial charge in [-0.05, 0) is 18.2 Å². The van der Waals surface area contributed by atoms with Crippen LogP contribution >= 0.6 is 0 Å². The minimum atomic E-state index is -0.960. The maximum atomic E-state index is 10.6. The lowest BCUT2D eigenvalue weighted by molar-refractivity contribution is 0.0691. The number of rotatable bonds is 2. The van der Waals surface area contributed by atoms with E-state index in [9.17, 15) is 4.79 Å². The smallest absolute Gasteiger partial charge is 0.352 e. The molecule has 5 heteroatoms. The van der Waals surface area contributed by atoms with Gasteiger partial charge in [-0.2, -0.15) is 5.10 Å². The fourth-order valence-corrected chi connectivity index (χ4v) is 1.31. The van der Waals surface area contributed by atoms with Crippen LogP contribution in [0.1, 0.15) is 10.5 Å². The highest BCUT2D eigenvalue weighted by molar-refractivity contribution is 5.86. The van der Waals surface area contributed by atoms with E-state index in [0.29, 0.717) is 0 Å². The predicted octanol–water partition coefficient (Wildman–Crippen LogP) is 1.11. The highest BCUT2D eigenvalue weighted by atomic mass is 16.4. The minimum Gasteiger partial charge on any atom is -0.477 e. The molecule has 0 spiro atoms. The third kappa shape index (κ3) is 1.28. The Kier molecular flexibility index (Phi) is 1.85. The largest absolute Gasteiger partial charge is 0.477 e. The Hall–Kier alpha value is -2.04. The number of aromatic amines is 1. The lowest BCUT2D eigenvalue weighted by Gasteiger charge is -1.97. The summed E-state index contributed by atoms with van der Waals surface area (Å²) in [6.07, 6.45) is 1.66. The average molecular weight is 191 g/mol. The second-order valence-corrected chi connectivity index (χ2v) is 2.93. The first-order valence-electron chi connectivity index (χ1n) is 4.09. The van der Waals surface area contributed by atoms with E-state index >= 15 is 0 Å². The molecule has 0 aliphatic heterocycles. The van der Waals surface area contributed by atoms with Crippen LogP contribution in [0.4, 0.5) is 0 Å². The monoisotopic (exact) mass is 191 g/mol. The molecule has 0 fully saturated rings. The van der Waals surface area contributed by atoms with Gasteiger partial charge in [-0.25, -0.2) is 4.79 Å². The Morgan fingerprint density at radius 3 is 2.79 bits per heavy atom. The summed E-state index contributed by atoms with van der Waals surface area (Å²) in [5.41, 5.74) is 1.79. The normalized spacial score (nSPS) is 10.4. The Morgan fingerprint density at radius 2 is 2.29 bits per heavy atom. The lowest BCUT2D eigenvalue weighted by atomic mass is 10.3. The van der Waals surface area contributed by atoms with E-state index in [2.05, 4.69) is 10.1 Å². The molecule has 0 unspecified atom stereocenters. The molecule has 0 bridgehead atoms. The first kappa shape index (κ1) is 8.55. The van der Waals surface area contributed by atoms with Gasteiger partial charge >= 0.3 is 5.97 Å². The zero-order chi connectivity index (χ0) is 10.1. The fraction of sp³-hybridized carbons (Fsp3) is 0.111. The first-order valence-corrected chi connectivity index (χ1v) is 4.09. The highest BCUT2D eigenvalue weighted by Gasteiger charge is 2.08. The Morgan fingerprint density at radius 1 is 1.50 bits per heavy atom. The molecule has 2 aromatic rings. The van der Waals surface area contributed by atoms with Crippen molar-refractivity contribution in [2.24, 2.45) is 7.05 Å². The molecular weight excluding hydrogens is 182 g/mol. The fourth-order valence-electron chi connectivity index (χ4n) is 1.31. The number of carbonyl (C=O) groups is 1. The van der Waals surface area contributed by atoms with E-state index in [1.165, 1.54) is 6.07 Å². The molecule has 72 valence electrons. The van der Waals surface area contributed by atoms with Crippen LogP contribution in [0.3, 0.4) is 0 Å². The van der Waals surface area contributed by atoms with Crippen molar-refractivity contribution in [2.75, 3.05) is 0 Å². The summed E-state index contributed by atoms with van der Waals surface area (Å²) in [5.74, 6) is -0.960. The molecular formula is C9H9N3O2. The standard InChI is InChI=1S/C9H9N3O2/c1-12-8(4-5-10-12)6-2-3-7(11-6)9(13)14/h2-5,11H,1H3,(H,13,14). The second-order valence-electron chi connectivity index (χ2n) is 2.93. The van der Waals surface area contributed by atoms with Gasteiger partial charge in [-0.1, -0.05) is 0 Å². The first-order chi connectivity index (χ1) is 6.68. The van der Waals surface area contributed by atoms with Gasteiger partial charge in [0.25, 0.3) is 0 Å². The van der Waals surface area contributed by atoms with Crippen molar-refractivity contribution in [1.29, 1.82) is 0 Å². The third-order valence-electron chi connectivity index (χ3n) is 2.01. The third-order valence-corrected chi connectivity index (χ3v) is 2.01. The summed E-state index contributed by atoms with van der Waals surface area (Å²) >= 11 is 0. The van der Waals surface area contributed by atoms with E-state index in [1.807, 2.05) is 6.07 Å². The van der Waals surface area contributed by atoms with Crippen LogP contribution in [-0.4, -0.2) is 25.8 Å². The molecule has 0 aliphatic carbocycles. The van der Waals surface area contributed by atoms with Crippen molar-refractivity contribution in [2.45, 2.75) is 0 Å². The maximum absolute atomic E-state index is 10.6. The number of aromatic carboxylic acids is 1. The number of carboxylic acid groups (broad SMARTS) is 1. The predicted molar refractivity (Wildman–Crippen MR) is 50.0 cm³/mol. The van der Waals surface area contributed by atoms with E-state index in [4.69, 9.17) is 5.11 Å². The van der Waals surface area contributed by atoms with Crippen LogP contribution in [0.15, 0.2) is 24.4 Å². The van der Waals surface area contributed by atoms with Crippen molar-refractivity contribution in [3.05, 3.63) is 30.1 Å². The Bertz CT molecular complexity index is 470. The molecule has 2 N–H and O–H groups in total. The lowest BCUT2D eigenvalue weighted by Crippen LogP contribution is -1.97. The van der Waals surface area contributed by atoms with Gasteiger partial charge in [-0.3, -0.25) is 4.68 Å². The summed E-state index contributed by atoms with van der Waals surface area (Å²) in [6, 6.07) is 5.07. The number of nitrogens with zero attached hydrogens (tertiary/aromatic N) is 2. The van der Waals surface area contributed by atoms with Crippen molar-refractivity contribution in [3.8, 4) is 11.4 Å². The molecule has 2 heterocycles. The summed E-state index contributed by atoms with van der Waals surface area (Å²) < 4.78 is 1.68. The number of nitrogens with one attached hydrogen (secondary N) is 1. The van der Waals surface area contributed by atoms with E-state index < -0.39 is 5.97 Å².